The molecule has 1 aromatic heterocycles. The molecule has 1 aromatic rings. The minimum Gasteiger partial charge on any atom is -0.306 e. The van der Waals surface area contributed by atoms with Crippen molar-refractivity contribution in [2.24, 2.45) is 0 Å². The van der Waals surface area contributed by atoms with E-state index in [9.17, 15) is 4.21 Å². The van der Waals surface area contributed by atoms with E-state index in [-0.39, 0.29) is 11.3 Å². The van der Waals surface area contributed by atoms with Crippen LogP contribution < -0.4 is 5.32 Å². The van der Waals surface area contributed by atoms with E-state index in [1.54, 1.807) is 11.3 Å². The Morgan fingerprint density at radius 1 is 1.53 bits per heavy atom. The Balaban J connectivity index is 2.23. The molecule has 0 aliphatic carbocycles. The average Bonchev–Trinajstić information content (AvgIpc) is 2.70. The maximum Gasteiger partial charge on any atom is 0.0559 e. The van der Waals surface area contributed by atoms with Crippen molar-refractivity contribution >= 4 is 22.1 Å². The van der Waals surface area contributed by atoms with Gasteiger partial charge in [-0.25, -0.2) is 0 Å². The van der Waals surface area contributed by atoms with Crippen LogP contribution in [-0.2, 0) is 10.8 Å². The van der Waals surface area contributed by atoms with E-state index in [0.29, 0.717) is 6.04 Å². The van der Waals surface area contributed by atoms with Gasteiger partial charge in [0.1, 0.15) is 0 Å². The lowest BCUT2D eigenvalue weighted by atomic mass is 10.1. The fraction of sp³-hybridized carbons (Fsp3) is 0.636. The predicted octanol–water partition coefficient (Wildman–Crippen LogP) is 2.31. The zero-order chi connectivity index (χ0) is 10.8. The summed E-state index contributed by atoms with van der Waals surface area (Å²) in [5.74, 6) is 0.831. The van der Waals surface area contributed by atoms with E-state index >= 15 is 0 Å². The zero-order valence-electron chi connectivity index (χ0n) is 9.10. The fourth-order valence-corrected chi connectivity index (χ4v) is 4.40. The van der Waals surface area contributed by atoms with Crippen LogP contribution in [0.2, 0.25) is 0 Å². The molecule has 0 bridgehead atoms. The van der Waals surface area contributed by atoms with Gasteiger partial charge in [-0.1, -0.05) is 6.07 Å². The molecule has 1 aliphatic rings. The minimum atomic E-state index is -0.694. The number of rotatable bonds is 1. The van der Waals surface area contributed by atoms with E-state index in [0.717, 1.165) is 12.2 Å². The first kappa shape index (κ1) is 11.3. The summed E-state index contributed by atoms with van der Waals surface area (Å²) in [5.41, 5.74) is 0. The summed E-state index contributed by atoms with van der Waals surface area (Å²) in [4.78, 5) is 1.31. The summed E-state index contributed by atoms with van der Waals surface area (Å²) in [6.45, 7) is 4.27. The molecule has 0 saturated carbocycles. The molecular formula is C11H17NOS2. The van der Waals surface area contributed by atoms with Crippen molar-refractivity contribution in [3.05, 3.63) is 22.4 Å². The fourth-order valence-electron chi connectivity index (χ4n) is 1.94. The second-order valence-electron chi connectivity index (χ2n) is 4.14. The van der Waals surface area contributed by atoms with Crippen LogP contribution in [0.3, 0.4) is 0 Å². The van der Waals surface area contributed by atoms with E-state index in [1.807, 2.05) is 0 Å². The van der Waals surface area contributed by atoms with E-state index < -0.39 is 10.8 Å². The highest BCUT2D eigenvalue weighted by atomic mass is 32.2. The Bertz CT molecular complexity index is 336. The van der Waals surface area contributed by atoms with Gasteiger partial charge < -0.3 is 5.32 Å². The van der Waals surface area contributed by atoms with Gasteiger partial charge in [0.15, 0.2) is 0 Å². The van der Waals surface area contributed by atoms with Gasteiger partial charge in [-0.15, -0.1) is 11.3 Å². The van der Waals surface area contributed by atoms with E-state index in [1.165, 1.54) is 4.88 Å². The van der Waals surface area contributed by atoms with Crippen LogP contribution in [0.15, 0.2) is 17.5 Å². The van der Waals surface area contributed by atoms with Crippen molar-refractivity contribution in [2.45, 2.75) is 37.6 Å². The Kier molecular flexibility index (Phi) is 3.59. The third-order valence-corrected chi connectivity index (χ3v) is 5.64. The molecule has 2 nitrogen and oxygen atoms in total. The van der Waals surface area contributed by atoms with Crippen LogP contribution in [0.5, 0.6) is 0 Å². The topological polar surface area (TPSA) is 29.1 Å². The van der Waals surface area contributed by atoms with Crippen molar-refractivity contribution in [1.29, 1.82) is 0 Å². The lowest BCUT2D eigenvalue weighted by molar-refractivity contribution is 0.460. The van der Waals surface area contributed by atoms with Gasteiger partial charge in [-0.2, -0.15) is 0 Å². The Morgan fingerprint density at radius 2 is 2.33 bits per heavy atom. The maximum atomic E-state index is 11.9. The van der Waals surface area contributed by atoms with Crippen molar-refractivity contribution < 1.29 is 4.21 Å². The van der Waals surface area contributed by atoms with Gasteiger partial charge >= 0.3 is 0 Å². The molecule has 4 unspecified atom stereocenters. The van der Waals surface area contributed by atoms with Gasteiger partial charge in [-0.3, -0.25) is 4.21 Å². The monoisotopic (exact) mass is 243 g/mol. The van der Waals surface area contributed by atoms with Gasteiger partial charge in [0.2, 0.25) is 0 Å². The Labute approximate surface area is 97.5 Å². The first-order valence-corrected chi connectivity index (χ1v) is 7.61. The van der Waals surface area contributed by atoms with Crippen LogP contribution >= 0.6 is 11.3 Å². The van der Waals surface area contributed by atoms with Gasteiger partial charge in [-0.05, 0) is 31.7 Å². The number of nitrogens with one attached hydrogen (secondary N) is 1. The Hall–Kier alpha value is -0.190. The van der Waals surface area contributed by atoms with Crippen LogP contribution in [0.1, 0.15) is 31.2 Å². The number of thiophene rings is 1. The molecule has 15 heavy (non-hydrogen) atoms. The molecule has 0 aromatic carbocycles. The largest absolute Gasteiger partial charge is 0.306 e. The lowest BCUT2D eigenvalue weighted by Crippen LogP contribution is -2.34. The normalized spacial score (nSPS) is 37.5. The quantitative estimate of drug-likeness (QED) is 0.820. The summed E-state index contributed by atoms with van der Waals surface area (Å²) < 4.78 is 11.9. The minimum absolute atomic E-state index is 0.216. The van der Waals surface area contributed by atoms with E-state index in [4.69, 9.17) is 0 Å². The molecule has 1 saturated heterocycles. The van der Waals surface area contributed by atoms with Crippen LogP contribution in [0.4, 0.5) is 0 Å². The smallest absolute Gasteiger partial charge is 0.0559 e. The lowest BCUT2D eigenvalue weighted by Gasteiger charge is -2.22. The second kappa shape index (κ2) is 4.76. The Morgan fingerprint density at radius 3 is 3.00 bits per heavy atom. The highest BCUT2D eigenvalue weighted by Crippen LogP contribution is 2.28. The number of hydrogen-bond donors (Lipinski definition) is 1. The third kappa shape index (κ3) is 2.49. The number of hydrogen-bond acceptors (Lipinski definition) is 3. The molecule has 0 amide bonds. The average molecular weight is 243 g/mol. The molecule has 0 spiro atoms. The van der Waals surface area contributed by atoms with Gasteiger partial charge in [0.25, 0.3) is 0 Å². The highest BCUT2D eigenvalue weighted by Gasteiger charge is 2.29. The summed E-state index contributed by atoms with van der Waals surface area (Å²) in [5, 5.41) is 5.88. The SMILES string of the molecule is CC1CCS(=O)C(C)C(c2cccs2)N1. The first-order chi connectivity index (χ1) is 7.18. The summed E-state index contributed by atoms with van der Waals surface area (Å²) >= 11 is 1.75. The molecule has 4 atom stereocenters. The van der Waals surface area contributed by atoms with Crippen molar-refractivity contribution in [3.63, 3.8) is 0 Å². The molecule has 1 aliphatic heterocycles. The molecule has 84 valence electrons. The first-order valence-electron chi connectivity index (χ1n) is 5.35. The molecular weight excluding hydrogens is 226 g/mol. The highest BCUT2D eigenvalue weighted by molar-refractivity contribution is 7.85. The predicted molar refractivity (Wildman–Crippen MR) is 66.7 cm³/mol. The second-order valence-corrected chi connectivity index (χ2v) is 7.03. The third-order valence-electron chi connectivity index (χ3n) is 2.95. The van der Waals surface area contributed by atoms with Crippen molar-refractivity contribution in [1.82, 2.24) is 5.32 Å². The van der Waals surface area contributed by atoms with Gasteiger partial charge in [0, 0.05) is 27.5 Å². The van der Waals surface area contributed by atoms with Crippen LogP contribution in [0.25, 0.3) is 0 Å². The molecule has 0 radical (unpaired) electrons. The molecule has 2 heterocycles. The maximum absolute atomic E-state index is 11.9. The van der Waals surface area contributed by atoms with Crippen molar-refractivity contribution in [2.75, 3.05) is 5.75 Å². The summed E-state index contributed by atoms with van der Waals surface area (Å²) in [7, 11) is -0.694. The molecule has 1 fully saturated rings. The van der Waals surface area contributed by atoms with Crippen LogP contribution in [-0.4, -0.2) is 21.3 Å². The standard InChI is InChI=1S/C11H17NOS2/c1-8-5-7-15(13)9(2)11(12-8)10-4-3-6-14-10/h3-4,6,8-9,11-12H,5,7H2,1-2H3. The summed E-state index contributed by atoms with van der Waals surface area (Å²) in [6.07, 6.45) is 1.01. The molecule has 1 N–H and O–H groups in total. The van der Waals surface area contributed by atoms with Crippen molar-refractivity contribution in [3.8, 4) is 0 Å². The molecule has 2 rings (SSSR count). The van der Waals surface area contributed by atoms with Gasteiger partial charge in [0.05, 0.1) is 11.3 Å². The summed E-state index contributed by atoms with van der Waals surface area (Å²) in [6, 6.07) is 4.93. The zero-order valence-corrected chi connectivity index (χ0v) is 10.7. The molecule has 4 heteroatoms. The van der Waals surface area contributed by atoms with Crippen LogP contribution in [0, 0.1) is 0 Å². The van der Waals surface area contributed by atoms with E-state index in [2.05, 4.69) is 36.7 Å².